The smallest absolute Gasteiger partial charge is 0.243 e. The molecule has 0 unspecified atom stereocenters. The Labute approximate surface area is 174 Å². The highest BCUT2D eigenvalue weighted by Crippen LogP contribution is 2.25. The molecule has 1 heterocycles. The predicted molar refractivity (Wildman–Crippen MR) is 113 cm³/mol. The van der Waals surface area contributed by atoms with Crippen molar-refractivity contribution in [2.24, 2.45) is 5.92 Å². The molecule has 1 fully saturated rings. The number of nitrogens with one attached hydrogen (secondary N) is 2. The van der Waals surface area contributed by atoms with Crippen molar-refractivity contribution in [3.63, 3.8) is 0 Å². The molecule has 1 saturated heterocycles. The largest absolute Gasteiger partial charge is 0.494 e. The van der Waals surface area contributed by atoms with Gasteiger partial charge in [-0.25, -0.2) is 8.42 Å². The molecule has 0 aliphatic carbocycles. The maximum Gasteiger partial charge on any atom is 0.243 e. The first-order chi connectivity index (χ1) is 13.0. The number of ether oxygens (including phenoxy) is 1. The summed E-state index contributed by atoms with van der Waals surface area (Å²) in [4.78, 5) is 12.5. The fourth-order valence-electron chi connectivity index (χ4n) is 3.10. The zero-order chi connectivity index (χ0) is 19.7. The van der Waals surface area contributed by atoms with Crippen LogP contribution in [0.15, 0.2) is 29.2 Å². The molecular formula is C19H32ClN3O4S. The van der Waals surface area contributed by atoms with Gasteiger partial charge >= 0.3 is 0 Å². The lowest BCUT2D eigenvalue weighted by Gasteiger charge is -2.30. The fourth-order valence-corrected chi connectivity index (χ4v) is 4.57. The Kier molecular flexibility index (Phi) is 10.8. The second kappa shape index (κ2) is 12.3. The molecule has 0 radical (unpaired) electrons. The van der Waals surface area contributed by atoms with E-state index < -0.39 is 10.0 Å². The summed E-state index contributed by atoms with van der Waals surface area (Å²) in [6.07, 6.45) is 2.16. The molecule has 2 N–H and O–H groups in total. The van der Waals surface area contributed by atoms with Gasteiger partial charge in [0.25, 0.3) is 0 Å². The molecule has 160 valence electrons. The van der Waals surface area contributed by atoms with Gasteiger partial charge in [-0.05, 0) is 57.0 Å². The molecule has 1 aliphatic heterocycles. The number of sulfonamides is 1. The maximum atomic E-state index is 12.8. The molecule has 28 heavy (non-hydrogen) atoms. The summed E-state index contributed by atoms with van der Waals surface area (Å²) in [6, 6.07) is 6.48. The van der Waals surface area contributed by atoms with E-state index in [9.17, 15) is 13.2 Å². The fraction of sp³-hybridized carbons (Fsp3) is 0.632. The molecule has 0 atom stereocenters. The van der Waals surface area contributed by atoms with E-state index in [-0.39, 0.29) is 29.1 Å². The predicted octanol–water partition coefficient (Wildman–Crippen LogP) is 2.02. The quantitative estimate of drug-likeness (QED) is 0.551. The third-order valence-corrected chi connectivity index (χ3v) is 6.54. The molecule has 0 spiro atoms. The number of carbonyl (C=O) groups is 1. The van der Waals surface area contributed by atoms with Gasteiger partial charge in [0.2, 0.25) is 15.9 Å². The van der Waals surface area contributed by atoms with Gasteiger partial charge in [-0.3, -0.25) is 4.79 Å². The van der Waals surface area contributed by atoms with E-state index in [2.05, 4.69) is 17.6 Å². The second-order valence-corrected chi connectivity index (χ2v) is 8.56. The lowest BCUT2D eigenvalue weighted by molar-refractivity contribution is -0.126. The molecule has 0 saturated carbocycles. The molecule has 0 aromatic heterocycles. The monoisotopic (exact) mass is 433 g/mol. The molecule has 2 rings (SSSR count). The van der Waals surface area contributed by atoms with Crippen molar-refractivity contribution in [2.75, 3.05) is 39.3 Å². The summed E-state index contributed by atoms with van der Waals surface area (Å²) >= 11 is 0. The molecule has 1 aliphatic rings. The first kappa shape index (κ1) is 24.7. The standard InChI is InChI=1S/C19H31N3O4S.ClH/c1-3-11-20-12-13-21-19(23)16-9-14-22(15-10-16)27(24,25)18-7-5-17(6-8-18)26-4-2;/h5-8,16,20H,3-4,9-15H2,1-2H3,(H,21,23);1H. The summed E-state index contributed by atoms with van der Waals surface area (Å²) in [5, 5.41) is 6.17. The zero-order valence-electron chi connectivity index (χ0n) is 16.6. The van der Waals surface area contributed by atoms with Crippen LogP contribution in [-0.4, -0.2) is 58.0 Å². The Bertz CT molecular complexity index is 690. The Morgan fingerprint density at radius 3 is 2.32 bits per heavy atom. The van der Waals surface area contributed by atoms with Gasteiger partial charge in [0.05, 0.1) is 11.5 Å². The van der Waals surface area contributed by atoms with Crippen LogP contribution in [0.3, 0.4) is 0 Å². The van der Waals surface area contributed by atoms with Gasteiger partial charge in [0.15, 0.2) is 0 Å². The maximum absolute atomic E-state index is 12.8. The minimum Gasteiger partial charge on any atom is -0.494 e. The molecule has 9 heteroatoms. The van der Waals surface area contributed by atoms with Crippen molar-refractivity contribution >= 4 is 28.3 Å². The summed E-state index contributed by atoms with van der Waals surface area (Å²) < 4.78 is 32.4. The number of hydrogen-bond donors (Lipinski definition) is 2. The minimum atomic E-state index is -3.53. The number of rotatable bonds is 10. The van der Waals surface area contributed by atoms with Crippen LogP contribution in [0.2, 0.25) is 0 Å². The van der Waals surface area contributed by atoms with E-state index in [1.807, 2.05) is 6.92 Å². The number of nitrogens with zero attached hydrogens (tertiary/aromatic N) is 1. The van der Waals surface area contributed by atoms with Gasteiger partial charge in [-0.15, -0.1) is 12.4 Å². The van der Waals surface area contributed by atoms with Crippen molar-refractivity contribution < 1.29 is 17.9 Å². The van der Waals surface area contributed by atoms with Crippen LogP contribution >= 0.6 is 12.4 Å². The second-order valence-electron chi connectivity index (χ2n) is 6.62. The third-order valence-electron chi connectivity index (χ3n) is 4.63. The van der Waals surface area contributed by atoms with Crippen LogP contribution < -0.4 is 15.4 Å². The van der Waals surface area contributed by atoms with Gasteiger partial charge in [-0.2, -0.15) is 4.31 Å². The number of benzene rings is 1. The van der Waals surface area contributed by atoms with Crippen LogP contribution in [0.25, 0.3) is 0 Å². The van der Waals surface area contributed by atoms with E-state index in [0.717, 1.165) is 19.5 Å². The van der Waals surface area contributed by atoms with Crippen molar-refractivity contribution in [2.45, 2.75) is 38.0 Å². The van der Waals surface area contributed by atoms with Gasteiger partial charge in [0.1, 0.15) is 5.75 Å². The Morgan fingerprint density at radius 1 is 1.11 bits per heavy atom. The molecule has 1 aromatic rings. The Morgan fingerprint density at radius 2 is 1.75 bits per heavy atom. The van der Waals surface area contributed by atoms with Crippen molar-refractivity contribution in [3.8, 4) is 5.75 Å². The van der Waals surface area contributed by atoms with Crippen LogP contribution in [0.1, 0.15) is 33.1 Å². The van der Waals surface area contributed by atoms with E-state index in [4.69, 9.17) is 4.74 Å². The summed E-state index contributed by atoms with van der Waals surface area (Å²) in [7, 11) is -3.53. The lowest BCUT2D eigenvalue weighted by Crippen LogP contribution is -2.44. The average molecular weight is 434 g/mol. The van der Waals surface area contributed by atoms with E-state index in [0.29, 0.717) is 44.8 Å². The first-order valence-electron chi connectivity index (χ1n) is 9.70. The van der Waals surface area contributed by atoms with Crippen LogP contribution in [0.5, 0.6) is 5.75 Å². The number of halogens is 1. The minimum absolute atomic E-state index is 0. The molecule has 0 bridgehead atoms. The summed E-state index contributed by atoms with van der Waals surface area (Å²) in [6.45, 7) is 7.54. The number of carbonyl (C=O) groups excluding carboxylic acids is 1. The molecular weight excluding hydrogens is 402 g/mol. The van der Waals surface area contributed by atoms with E-state index >= 15 is 0 Å². The molecule has 7 nitrogen and oxygen atoms in total. The zero-order valence-corrected chi connectivity index (χ0v) is 18.3. The normalized spacial score (nSPS) is 15.6. The first-order valence-corrected chi connectivity index (χ1v) is 11.1. The Balaban J connectivity index is 0.00000392. The Hall–Kier alpha value is -1.35. The average Bonchev–Trinajstić information content (AvgIpc) is 2.68. The third kappa shape index (κ3) is 6.92. The lowest BCUT2D eigenvalue weighted by atomic mass is 9.97. The summed E-state index contributed by atoms with van der Waals surface area (Å²) in [5.74, 6) is 0.551. The highest BCUT2D eigenvalue weighted by molar-refractivity contribution is 7.89. The van der Waals surface area contributed by atoms with Crippen LogP contribution in [0.4, 0.5) is 0 Å². The number of hydrogen-bond acceptors (Lipinski definition) is 5. The SMILES string of the molecule is CCCNCCNC(=O)C1CCN(S(=O)(=O)c2ccc(OCC)cc2)CC1.Cl. The highest BCUT2D eigenvalue weighted by atomic mass is 35.5. The summed E-state index contributed by atoms with van der Waals surface area (Å²) in [5.41, 5.74) is 0. The van der Waals surface area contributed by atoms with Crippen LogP contribution in [0, 0.1) is 5.92 Å². The number of amides is 1. The molecule has 1 aromatic carbocycles. The molecule has 1 amide bonds. The van der Waals surface area contributed by atoms with Crippen LogP contribution in [-0.2, 0) is 14.8 Å². The van der Waals surface area contributed by atoms with Gasteiger partial charge in [0, 0.05) is 32.1 Å². The van der Waals surface area contributed by atoms with E-state index in [1.54, 1.807) is 24.3 Å². The number of piperidine rings is 1. The van der Waals surface area contributed by atoms with E-state index in [1.165, 1.54) is 4.31 Å². The van der Waals surface area contributed by atoms with Crippen molar-refractivity contribution in [3.05, 3.63) is 24.3 Å². The van der Waals surface area contributed by atoms with Gasteiger partial charge in [-0.1, -0.05) is 6.92 Å². The van der Waals surface area contributed by atoms with Crippen molar-refractivity contribution in [1.82, 2.24) is 14.9 Å². The van der Waals surface area contributed by atoms with Gasteiger partial charge < -0.3 is 15.4 Å². The highest BCUT2D eigenvalue weighted by Gasteiger charge is 2.31. The topological polar surface area (TPSA) is 87.7 Å². The van der Waals surface area contributed by atoms with Crippen molar-refractivity contribution in [1.29, 1.82) is 0 Å².